The summed E-state index contributed by atoms with van der Waals surface area (Å²) < 4.78 is 19.1. The van der Waals surface area contributed by atoms with Gasteiger partial charge < -0.3 is 15.8 Å². The molecule has 1 unspecified atom stereocenters. The Balaban J connectivity index is 2.24. The first-order chi connectivity index (χ1) is 8.66. The molecule has 0 saturated heterocycles. The molecule has 0 aromatic heterocycles. The summed E-state index contributed by atoms with van der Waals surface area (Å²) >= 11 is 0. The monoisotopic (exact) mass is 252 g/mol. The van der Waals surface area contributed by atoms with Gasteiger partial charge in [-0.15, -0.1) is 0 Å². The van der Waals surface area contributed by atoms with Gasteiger partial charge in [-0.05, 0) is 51.1 Å². The zero-order valence-corrected chi connectivity index (χ0v) is 11.0. The van der Waals surface area contributed by atoms with Crippen molar-refractivity contribution < 1.29 is 9.13 Å². The highest BCUT2D eigenvalue weighted by Gasteiger charge is 2.48. The molecule has 0 bridgehead atoms. The number of hydrogen-bond acceptors (Lipinski definition) is 3. The Hall–Kier alpha value is -1.13. The summed E-state index contributed by atoms with van der Waals surface area (Å²) in [6, 6.07) is 5.30. The highest BCUT2D eigenvalue weighted by Crippen LogP contribution is 2.54. The van der Waals surface area contributed by atoms with Crippen LogP contribution in [0.15, 0.2) is 18.2 Å². The lowest BCUT2D eigenvalue weighted by molar-refractivity contribution is 0.319. The van der Waals surface area contributed by atoms with Crippen LogP contribution in [-0.2, 0) is 0 Å². The molecule has 1 atom stereocenters. The van der Waals surface area contributed by atoms with E-state index in [1.54, 1.807) is 12.1 Å². The van der Waals surface area contributed by atoms with E-state index in [2.05, 4.69) is 5.32 Å². The Kier molecular flexibility index (Phi) is 3.88. The average Bonchev–Trinajstić information content (AvgIpc) is 3.15. The molecule has 0 amide bonds. The third-order valence-electron chi connectivity index (χ3n) is 3.79. The van der Waals surface area contributed by atoms with Gasteiger partial charge in [0.05, 0.1) is 6.61 Å². The molecule has 0 radical (unpaired) electrons. The van der Waals surface area contributed by atoms with E-state index >= 15 is 0 Å². The fourth-order valence-electron chi connectivity index (χ4n) is 2.57. The number of ether oxygens (including phenoxy) is 1. The second-order valence-electron chi connectivity index (χ2n) is 4.91. The van der Waals surface area contributed by atoms with Crippen molar-refractivity contribution in [2.75, 3.05) is 20.2 Å². The molecule has 1 aliphatic carbocycles. The van der Waals surface area contributed by atoms with E-state index < -0.39 is 0 Å². The van der Waals surface area contributed by atoms with Crippen molar-refractivity contribution in [3.63, 3.8) is 0 Å². The van der Waals surface area contributed by atoms with Crippen LogP contribution < -0.4 is 15.8 Å². The molecule has 18 heavy (non-hydrogen) atoms. The van der Waals surface area contributed by atoms with Crippen LogP contribution in [0, 0.1) is 11.2 Å². The molecule has 3 N–H and O–H groups in total. The molecule has 1 saturated carbocycles. The number of benzene rings is 1. The molecule has 0 aliphatic heterocycles. The summed E-state index contributed by atoms with van der Waals surface area (Å²) in [5.41, 5.74) is 6.89. The number of halogens is 1. The predicted octanol–water partition coefficient (Wildman–Crippen LogP) is 2.22. The van der Waals surface area contributed by atoms with E-state index in [1.807, 2.05) is 20.0 Å². The van der Waals surface area contributed by atoms with Crippen molar-refractivity contribution in [1.29, 1.82) is 0 Å². The fraction of sp³-hybridized carbons (Fsp3) is 0.571. The first-order valence-electron chi connectivity index (χ1n) is 6.46. The minimum Gasteiger partial charge on any atom is -0.491 e. The first kappa shape index (κ1) is 13.3. The predicted molar refractivity (Wildman–Crippen MR) is 70.1 cm³/mol. The van der Waals surface area contributed by atoms with Crippen LogP contribution in [0.4, 0.5) is 4.39 Å². The third kappa shape index (κ3) is 2.35. The largest absolute Gasteiger partial charge is 0.491 e. The maximum atomic E-state index is 13.9. The molecule has 3 nitrogen and oxygen atoms in total. The maximum Gasteiger partial charge on any atom is 0.165 e. The molecular formula is C14H21FN2O. The van der Waals surface area contributed by atoms with Crippen molar-refractivity contribution in [3.05, 3.63) is 29.6 Å². The standard InChI is InChI=1S/C14H21FN2O/c1-3-18-12-5-4-10(8-11(12)15)13(17-2)14(9-16)6-7-14/h4-5,8,13,17H,3,6-7,9,16H2,1-2H3. The van der Waals surface area contributed by atoms with Crippen molar-refractivity contribution in [2.24, 2.45) is 11.1 Å². The minimum absolute atomic E-state index is 0.105. The van der Waals surface area contributed by atoms with E-state index in [0.29, 0.717) is 18.9 Å². The van der Waals surface area contributed by atoms with Crippen LogP contribution in [0.5, 0.6) is 5.75 Å². The molecule has 100 valence electrons. The molecule has 0 spiro atoms. The zero-order valence-electron chi connectivity index (χ0n) is 11.0. The second kappa shape index (κ2) is 5.24. The summed E-state index contributed by atoms with van der Waals surface area (Å²) in [4.78, 5) is 0. The van der Waals surface area contributed by atoms with E-state index in [4.69, 9.17) is 10.5 Å². The Labute approximate surface area is 108 Å². The van der Waals surface area contributed by atoms with Crippen molar-refractivity contribution in [3.8, 4) is 5.75 Å². The lowest BCUT2D eigenvalue weighted by Gasteiger charge is -2.26. The van der Waals surface area contributed by atoms with E-state index in [-0.39, 0.29) is 17.3 Å². The average molecular weight is 252 g/mol. The van der Waals surface area contributed by atoms with E-state index in [1.165, 1.54) is 0 Å². The second-order valence-corrected chi connectivity index (χ2v) is 4.91. The first-order valence-corrected chi connectivity index (χ1v) is 6.46. The number of hydrogen-bond donors (Lipinski definition) is 2. The summed E-state index contributed by atoms with van der Waals surface area (Å²) in [5, 5.41) is 3.26. The Morgan fingerprint density at radius 3 is 2.67 bits per heavy atom. The summed E-state index contributed by atoms with van der Waals surface area (Å²) in [6.07, 6.45) is 2.20. The van der Waals surface area contributed by atoms with Crippen LogP contribution in [0.25, 0.3) is 0 Å². The van der Waals surface area contributed by atoms with Gasteiger partial charge in [-0.2, -0.15) is 0 Å². The Morgan fingerprint density at radius 2 is 2.22 bits per heavy atom. The molecule has 1 aromatic carbocycles. The van der Waals surface area contributed by atoms with Crippen molar-refractivity contribution in [2.45, 2.75) is 25.8 Å². The number of nitrogens with one attached hydrogen (secondary N) is 1. The molecular weight excluding hydrogens is 231 g/mol. The topological polar surface area (TPSA) is 47.3 Å². The van der Waals surface area contributed by atoms with Gasteiger partial charge in [0.25, 0.3) is 0 Å². The van der Waals surface area contributed by atoms with Gasteiger partial charge in [0, 0.05) is 11.5 Å². The van der Waals surface area contributed by atoms with E-state index in [9.17, 15) is 4.39 Å². The molecule has 1 aliphatic rings. The van der Waals surface area contributed by atoms with Crippen molar-refractivity contribution >= 4 is 0 Å². The normalized spacial score (nSPS) is 18.4. The van der Waals surface area contributed by atoms with Gasteiger partial charge in [0.15, 0.2) is 11.6 Å². The van der Waals surface area contributed by atoms with Crippen LogP contribution in [0.2, 0.25) is 0 Å². The SMILES string of the molecule is CCOc1ccc(C(NC)C2(CN)CC2)cc1F. The molecule has 1 fully saturated rings. The molecule has 1 aromatic rings. The number of nitrogens with two attached hydrogens (primary N) is 1. The van der Waals surface area contributed by atoms with Crippen molar-refractivity contribution in [1.82, 2.24) is 5.32 Å². The zero-order chi connectivity index (χ0) is 13.2. The highest BCUT2D eigenvalue weighted by atomic mass is 19.1. The summed E-state index contributed by atoms with van der Waals surface area (Å²) in [5.74, 6) is 0.0103. The van der Waals surface area contributed by atoms with Crippen LogP contribution >= 0.6 is 0 Å². The molecule has 2 rings (SSSR count). The maximum absolute atomic E-state index is 13.9. The van der Waals surface area contributed by atoms with Gasteiger partial charge >= 0.3 is 0 Å². The lowest BCUT2D eigenvalue weighted by Crippen LogP contribution is -2.32. The van der Waals surface area contributed by atoms with Gasteiger partial charge in [-0.1, -0.05) is 6.07 Å². The molecule has 4 heteroatoms. The Morgan fingerprint density at radius 1 is 1.50 bits per heavy atom. The van der Waals surface area contributed by atoms with Crippen LogP contribution in [0.1, 0.15) is 31.4 Å². The number of rotatable bonds is 6. The van der Waals surface area contributed by atoms with Gasteiger partial charge in [-0.3, -0.25) is 0 Å². The van der Waals surface area contributed by atoms with Gasteiger partial charge in [0.2, 0.25) is 0 Å². The minimum atomic E-state index is -0.303. The Bertz CT molecular complexity index is 418. The smallest absolute Gasteiger partial charge is 0.165 e. The van der Waals surface area contributed by atoms with Crippen LogP contribution in [-0.4, -0.2) is 20.2 Å². The summed E-state index contributed by atoms with van der Waals surface area (Å²) in [7, 11) is 1.90. The van der Waals surface area contributed by atoms with Gasteiger partial charge in [-0.25, -0.2) is 4.39 Å². The molecule has 0 heterocycles. The third-order valence-corrected chi connectivity index (χ3v) is 3.79. The highest BCUT2D eigenvalue weighted by molar-refractivity contribution is 5.33. The quantitative estimate of drug-likeness (QED) is 0.816. The van der Waals surface area contributed by atoms with E-state index in [0.717, 1.165) is 18.4 Å². The van der Waals surface area contributed by atoms with Gasteiger partial charge in [0.1, 0.15) is 0 Å². The fourth-order valence-corrected chi connectivity index (χ4v) is 2.57. The lowest BCUT2D eigenvalue weighted by atomic mass is 9.90. The van der Waals surface area contributed by atoms with Crippen LogP contribution in [0.3, 0.4) is 0 Å². The summed E-state index contributed by atoms with van der Waals surface area (Å²) in [6.45, 7) is 2.95.